The highest BCUT2D eigenvalue weighted by Crippen LogP contribution is 2.39. The van der Waals surface area contributed by atoms with Crippen LogP contribution in [0.5, 0.6) is 0 Å². The molecular weight excluding hydrogens is 250 g/mol. The molecule has 1 saturated carbocycles. The van der Waals surface area contributed by atoms with Gasteiger partial charge in [-0.15, -0.1) is 0 Å². The summed E-state index contributed by atoms with van der Waals surface area (Å²) < 4.78 is 0. The van der Waals surface area contributed by atoms with Gasteiger partial charge in [0.05, 0.1) is 5.56 Å². The van der Waals surface area contributed by atoms with Crippen LogP contribution in [0.3, 0.4) is 0 Å². The molecular formula is C13H16ClN3O. The summed E-state index contributed by atoms with van der Waals surface area (Å²) in [7, 11) is 0. The molecule has 4 nitrogen and oxygen atoms in total. The minimum atomic E-state index is 0.259. The first-order valence-electron chi connectivity index (χ1n) is 6.53. The lowest BCUT2D eigenvalue weighted by Gasteiger charge is -2.32. The first kappa shape index (κ1) is 11.9. The number of carbonyl (C=O) groups excluding carboxylic acids is 1. The molecule has 2 unspecified atom stereocenters. The topological polar surface area (TPSA) is 46.1 Å². The predicted molar refractivity (Wildman–Crippen MR) is 70.1 cm³/mol. The first-order chi connectivity index (χ1) is 8.81. The van der Waals surface area contributed by atoms with Gasteiger partial charge in [0.25, 0.3) is 0 Å². The molecule has 1 saturated heterocycles. The molecule has 0 radical (unpaired) electrons. The van der Waals surface area contributed by atoms with Crippen molar-refractivity contribution < 1.29 is 4.79 Å². The molecule has 1 aliphatic carbocycles. The molecule has 2 heterocycles. The number of fused-ring (bicyclic) bond motifs is 1. The van der Waals surface area contributed by atoms with E-state index in [4.69, 9.17) is 11.6 Å². The Morgan fingerprint density at radius 2 is 2.11 bits per heavy atom. The second-order valence-electron chi connectivity index (χ2n) is 5.11. The van der Waals surface area contributed by atoms with E-state index in [0.29, 0.717) is 11.6 Å². The Kier molecular flexibility index (Phi) is 3.20. The van der Waals surface area contributed by atoms with Crippen molar-refractivity contribution in [2.24, 2.45) is 5.92 Å². The summed E-state index contributed by atoms with van der Waals surface area (Å²) in [4.78, 5) is 21.6. The molecule has 0 amide bonds. The molecule has 1 aromatic rings. The number of halogens is 1. The van der Waals surface area contributed by atoms with Gasteiger partial charge < -0.3 is 4.90 Å². The van der Waals surface area contributed by atoms with Gasteiger partial charge in [0.1, 0.15) is 17.3 Å². The van der Waals surface area contributed by atoms with E-state index in [1.807, 2.05) is 0 Å². The van der Waals surface area contributed by atoms with E-state index in [0.717, 1.165) is 24.6 Å². The highest BCUT2D eigenvalue weighted by Gasteiger charge is 2.37. The Labute approximate surface area is 111 Å². The maximum atomic E-state index is 11.2. The highest BCUT2D eigenvalue weighted by molar-refractivity contribution is 6.32. The minimum absolute atomic E-state index is 0.259. The lowest BCUT2D eigenvalue weighted by Crippen LogP contribution is -2.36. The lowest BCUT2D eigenvalue weighted by atomic mass is 9.85. The van der Waals surface area contributed by atoms with Gasteiger partial charge in [0, 0.05) is 12.6 Å². The molecule has 18 heavy (non-hydrogen) atoms. The van der Waals surface area contributed by atoms with Crippen LogP contribution in [0.2, 0.25) is 5.15 Å². The average Bonchev–Trinajstić information content (AvgIpc) is 2.82. The zero-order chi connectivity index (χ0) is 12.5. The van der Waals surface area contributed by atoms with E-state index < -0.39 is 0 Å². The van der Waals surface area contributed by atoms with Gasteiger partial charge in [-0.2, -0.15) is 0 Å². The van der Waals surface area contributed by atoms with Crippen LogP contribution in [-0.2, 0) is 0 Å². The van der Waals surface area contributed by atoms with E-state index in [-0.39, 0.29) is 5.15 Å². The molecule has 0 bridgehead atoms. The van der Waals surface area contributed by atoms with Crippen LogP contribution in [-0.4, -0.2) is 28.8 Å². The fourth-order valence-electron chi connectivity index (χ4n) is 3.36. The SMILES string of the molecule is O=Cc1c(Cl)ncnc1N1CCC2CCCCC21. The van der Waals surface area contributed by atoms with Crippen LogP contribution < -0.4 is 4.90 Å². The predicted octanol–water partition coefficient (Wildman–Crippen LogP) is 2.71. The Balaban J connectivity index is 1.95. The van der Waals surface area contributed by atoms with E-state index >= 15 is 0 Å². The minimum Gasteiger partial charge on any atom is -0.353 e. The second kappa shape index (κ2) is 4.84. The van der Waals surface area contributed by atoms with E-state index in [9.17, 15) is 4.79 Å². The summed E-state index contributed by atoms with van der Waals surface area (Å²) in [6.07, 6.45) is 8.52. The number of anilines is 1. The molecule has 2 aliphatic rings. The number of hydrogen-bond donors (Lipinski definition) is 0. The third-order valence-electron chi connectivity index (χ3n) is 4.21. The fraction of sp³-hybridized carbons (Fsp3) is 0.615. The average molecular weight is 266 g/mol. The van der Waals surface area contributed by atoms with Crippen LogP contribution in [0.25, 0.3) is 0 Å². The van der Waals surface area contributed by atoms with Crippen molar-refractivity contribution in [1.29, 1.82) is 0 Å². The van der Waals surface area contributed by atoms with Gasteiger partial charge in [-0.25, -0.2) is 9.97 Å². The Morgan fingerprint density at radius 1 is 1.28 bits per heavy atom. The van der Waals surface area contributed by atoms with Crippen molar-refractivity contribution in [3.05, 3.63) is 17.0 Å². The van der Waals surface area contributed by atoms with Crippen LogP contribution in [0.4, 0.5) is 5.82 Å². The van der Waals surface area contributed by atoms with Crippen LogP contribution in [0, 0.1) is 5.92 Å². The van der Waals surface area contributed by atoms with Gasteiger partial charge in [-0.3, -0.25) is 4.79 Å². The van der Waals surface area contributed by atoms with E-state index in [2.05, 4.69) is 14.9 Å². The van der Waals surface area contributed by atoms with Crippen LogP contribution in [0.1, 0.15) is 42.5 Å². The molecule has 0 spiro atoms. The van der Waals surface area contributed by atoms with Crippen molar-refractivity contribution in [3.8, 4) is 0 Å². The number of rotatable bonds is 2. The zero-order valence-electron chi connectivity index (χ0n) is 10.2. The van der Waals surface area contributed by atoms with Gasteiger partial charge in [-0.1, -0.05) is 24.4 Å². The summed E-state index contributed by atoms with van der Waals surface area (Å²) in [6, 6.07) is 0.531. The molecule has 1 aromatic heterocycles. The molecule has 0 aromatic carbocycles. The van der Waals surface area contributed by atoms with Crippen molar-refractivity contribution in [2.75, 3.05) is 11.4 Å². The molecule has 2 fully saturated rings. The largest absolute Gasteiger partial charge is 0.353 e. The van der Waals surface area contributed by atoms with Gasteiger partial charge >= 0.3 is 0 Å². The monoisotopic (exact) mass is 265 g/mol. The fourth-order valence-corrected chi connectivity index (χ4v) is 3.54. The van der Waals surface area contributed by atoms with Crippen molar-refractivity contribution >= 4 is 23.7 Å². The smallest absolute Gasteiger partial charge is 0.156 e. The maximum Gasteiger partial charge on any atom is 0.156 e. The molecule has 1 aliphatic heterocycles. The highest BCUT2D eigenvalue weighted by atomic mass is 35.5. The van der Waals surface area contributed by atoms with Gasteiger partial charge in [-0.05, 0) is 25.2 Å². The number of aldehydes is 1. The third kappa shape index (κ3) is 1.88. The summed E-state index contributed by atoms with van der Waals surface area (Å²) in [5, 5.41) is 0.259. The lowest BCUT2D eigenvalue weighted by molar-refractivity contribution is 0.112. The Hall–Kier alpha value is -1.16. The van der Waals surface area contributed by atoms with Crippen LogP contribution in [0.15, 0.2) is 6.33 Å². The molecule has 3 rings (SSSR count). The summed E-state index contributed by atoms with van der Waals surface area (Å²) in [6.45, 7) is 0.976. The summed E-state index contributed by atoms with van der Waals surface area (Å²) >= 11 is 5.97. The first-order valence-corrected chi connectivity index (χ1v) is 6.91. The summed E-state index contributed by atoms with van der Waals surface area (Å²) in [5.41, 5.74) is 0.436. The second-order valence-corrected chi connectivity index (χ2v) is 5.47. The van der Waals surface area contributed by atoms with E-state index in [1.165, 1.54) is 38.4 Å². The Bertz CT molecular complexity index is 466. The molecule has 2 atom stereocenters. The normalized spacial score (nSPS) is 27.1. The van der Waals surface area contributed by atoms with Crippen molar-refractivity contribution in [2.45, 2.75) is 38.1 Å². The standard InChI is InChI=1S/C13H16ClN3O/c14-12-10(7-18)13(16-8-15-12)17-6-5-9-3-1-2-4-11(9)17/h7-9,11H,1-6H2. The number of carbonyl (C=O) groups is 1. The van der Waals surface area contributed by atoms with Crippen molar-refractivity contribution in [1.82, 2.24) is 9.97 Å². The zero-order valence-corrected chi connectivity index (χ0v) is 10.9. The third-order valence-corrected chi connectivity index (χ3v) is 4.52. The van der Waals surface area contributed by atoms with Crippen molar-refractivity contribution in [3.63, 3.8) is 0 Å². The van der Waals surface area contributed by atoms with Crippen LogP contribution >= 0.6 is 11.6 Å². The van der Waals surface area contributed by atoms with E-state index in [1.54, 1.807) is 0 Å². The summed E-state index contributed by atoms with van der Waals surface area (Å²) in [5.74, 6) is 1.48. The number of aromatic nitrogens is 2. The molecule has 96 valence electrons. The Morgan fingerprint density at radius 3 is 2.94 bits per heavy atom. The molecule has 0 N–H and O–H groups in total. The molecule has 5 heteroatoms. The maximum absolute atomic E-state index is 11.2. The number of nitrogens with zero attached hydrogens (tertiary/aromatic N) is 3. The van der Waals surface area contributed by atoms with Gasteiger partial charge in [0.15, 0.2) is 6.29 Å². The van der Waals surface area contributed by atoms with Gasteiger partial charge in [0.2, 0.25) is 0 Å². The quantitative estimate of drug-likeness (QED) is 0.609. The number of hydrogen-bond acceptors (Lipinski definition) is 4.